The third kappa shape index (κ3) is 9.08. The van der Waals surface area contributed by atoms with Gasteiger partial charge in [-0.15, -0.1) is 11.8 Å². The Morgan fingerprint density at radius 3 is 2.19 bits per heavy atom. The van der Waals surface area contributed by atoms with Gasteiger partial charge < -0.3 is 16.0 Å². The van der Waals surface area contributed by atoms with Crippen LogP contribution in [0.5, 0.6) is 0 Å². The van der Waals surface area contributed by atoms with Crippen LogP contribution in [0.4, 0.5) is 11.4 Å². The van der Waals surface area contributed by atoms with Crippen molar-refractivity contribution in [2.45, 2.75) is 43.3 Å². The fourth-order valence-electron chi connectivity index (χ4n) is 4.20. The molecule has 4 rings (SSSR count). The number of hydrogen-bond donors (Lipinski definition) is 3. The first-order chi connectivity index (χ1) is 20.7. The summed E-state index contributed by atoms with van der Waals surface area (Å²) in [5.41, 5.74) is 3.52. The topological polar surface area (TPSA) is 87.3 Å². The zero-order valence-electron chi connectivity index (χ0n) is 24.3. The molecule has 3 amide bonds. The molecule has 4 aromatic carbocycles. The second-order valence-corrected chi connectivity index (χ2v) is 11.8. The Labute approximate surface area is 261 Å². The number of carbonyl (C=O) groups excluding carboxylic acids is 3. The molecule has 4 aromatic rings. The average Bonchev–Trinajstić information content (AvgIpc) is 3.01. The van der Waals surface area contributed by atoms with Crippen LogP contribution in [0, 0.1) is 0 Å². The molecule has 0 saturated carbocycles. The Morgan fingerprint density at radius 2 is 1.51 bits per heavy atom. The zero-order chi connectivity index (χ0) is 30.8. The normalized spacial score (nSPS) is 12.0. The van der Waals surface area contributed by atoms with Crippen molar-refractivity contribution >= 4 is 58.5 Å². The highest BCUT2D eigenvalue weighted by Crippen LogP contribution is 2.29. The van der Waals surface area contributed by atoms with E-state index in [0.717, 1.165) is 10.6 Å². The van der Waals surface area contributed by atoms with Gasteiger partial charge in [-0.2, -0.15) is 0 Å². The molecular weight excluding hydrogens is 578 g/mol. The molecule has 0 radical (unpaired) electrons. The Hall–Kier alpha value is -4.33. The van der Waals surface area contributed by atoms with Gasteiger partial charge in [-0.1, -0.05) is 87.0 Å². The van der Waals surface area contributed by atoms with Crippen molar-refractivity contribution in [3.05, 3.63) is 131 Å². The second kappa shape index (κ2) is 15.2. The minimum absolute atomic E-state index is 0.0364. The largest absolute Gasteiger partial charge is 0.325 e. The molecule has 0 heterocycles. The summed E-state index contributed by atoms with van der Waals surface area (Å²) in [6.07, 6.45) is 2.16. The third-order valence-electron chi connectivity index (χ3n) is 6.61. The Balaban J connectivity index is 1.48. The molecule has 8 heteroatoms. The summed E-state index contributed by atoms with van der Waals surface area (Å²) in [5, 5.41) is 8.72. The summed E-state index contributed by atoms with van der Waals surface area (Å²) in [6, 6.07) is 30.9. The number of anilines is 2. The predicted octanol–water partition coefficient (Wildman–Crippen LogP) is 8.38. The molecule has 1 atom stereocenters. The molecule has 0 bridgehead atoms. The van der Waals surface area contributed by atoms with E-state index in [2.05, 4.69) is 29.8 Å². The van der Waals surface area contributed by atoms with Crippen LogP contribution in [0.1, 0.15) is 54.6 Å². The van der Waals surface area contributed by atoms with E-state index in [0.29, 0.717) is 34.2 Å². The van der Waals surface area contributed by atoms with E-state index in [-0.39, 0.29) is 16.9 Å². The summed E-state index contributed by atoms with van der Waals surface area (Å²) in [5.74, 6) is -0.609. The van der Waals surface area contributed by atoms with Crippen LogP contribution >= 0.6 is 23.4 Å². The van der Waals surface area contributed by atoms with E-state index >= 15 is 0 Å². The average molecular weight is 612 g/mol. The Bertz CT molecular complexity index is 1600. The van der Waals surface area contributed by atoms with Crippen LogP contribution in [0.15, 0.2) is 114 Å². The maximum Gasteiger partial charge on any atom is 0.272 e. The molecule has 0 spiro atoms. The van der Waals surface area contributed by atoms with E-state index in [4.69, 9.17) is 11.6 Å². The summed E-state index contributed by atoms with van der Waals surface area (Å²) >= 11 is 7.76. The maximum absolute atomic E-state index is 13.5. The SMILES string of the molecule is CCC(Sc1cccc(NC(=O)/C(=C\c2ccccc2Cl)NC(=O)c2ccccc2)c1)C(=O)Nc1ccc(C(C)C)cc1. The van der Waals surface area contributed by atoms with Crippen LogP contribution < -0.4 is 16.0 Å². The molecule has 6 nitrogen and oxygen atoms in total. The quantitative estimate of drug-likeness (QED) is 0.117. The first kappa shape index (κ1) is 31.6. The molecule has 3 N–H and O–H groups in total. The number of halogens is 1. The van der Waals surface area contributed by atoms with Crippen LogP contribution in [0.3, 0.4) is 0 Å². The van der Waals surface area contributed by atoms with E-state index in [1.165, 1.54) is 17.3 Å². The highest BCUT2D eigenvalue weighted by atomic mass is 35.5. The van der Waals surface area contributed by atoms with Gasteiger partial charge in [0.1, 0.15) is 5.70 Å². The first-order valence-electron chi connectivity index (χ1n) is 14.0. The van der Waals surface area contributed by atoms with Gasteiger partial charge in [0.05, 0.1) is 5.25 Å². The van der Waals surface area contributed by atoms with Gasteiger partial charge >= 0.3 is 0 Å². The van der Waals surface area contributed by atoms with E-state index in [1.807, 2.05) is 55.5 Å². The minimum Gasteiger partial charge on any atom is -0.325 e. The van der Waals surface area contributed by atoms with Gasteiger partial charge in [0.2, 0.25) is 5.91 Å². The molecule has 220 valence electrons. The summed E-state index contributed by atoms with van der Waals surface area (Å²) in [6.45, 7) is 6.22. The van der Waals surface area contributed by atoms with Crippen molar-refractivity contribution in [2.75, 3.05) is 10.6 Å². The molecular formula is C35H34ClN3O3S. The number of carbonyl (C=O) groups is 3. The Kier molecular flexibility index (Phi) is 11.2. The molecule has 43 heavy (non-hydrogen) atoms. The lowest BCUT2D eigenvalue weighted by molar-refractivity contribution is -0.116. The molecule has 0 saturated heterocycles. The first-order valence-corrected chi connectivity index (χ1v) is 15.3. The van der Waals surface area contributed by atoms with Crippen LogP contribution in [-0.2, 0) is 9.59 Å². The molecule has 0 aromatic heterocycles. The molecule has 1 unspecified atom stereocenters. The minimum atomic E-state index is -0.513. The number of hydrogen-bond acceptors (Lipinski definition) is 4. The monoisotopic (exact) mass is 611 g/mol. The van der Waals surface area contributed by atoms with Crippen molar-refractivity contribution in [3.8, 4) is 0 Å². The van der Waals surface area contributed by atoms with Gasteiger partial charge in [-0.05, 0) is 78.1 Å². The van der Waals surface area contributed by atoms with Crippen molar-refractivity contribution in [1.29, 1.82) is 0 Å². The number of amides is 3. The standard InChI is InChI=1S/C35H34ClN3O3S/c1-4-32(35(42)37-27-19-17-24(18-20-27)23(2)3)43-29-15-10-14-28(22-29)38-34(41)31(21-26-13-8-9-16-30(26)36)39-33(40)25-11-6-5-7-12-25/h5-23,32H,4H2,1-3H3,(H,37,42)(H,38,41)(H,39,40)/b31-21+. The number of thioether (sulfide) groups is 1. The number of benzene rings is 4. The molecule has 0 aliphatic rings. The molecule has 0 aliphatic heterocycles. The van der Waals surface area contributed by atoms with E-state index in [9.17, 15) is 14.4 Å². The van der Waals surface area contributed by atoms with Gasteiger partial charge in [0, 0.05) is 26.9 Å². The number of rotatable bonds is 11. The summed E-state index contributed by atoms with van der Waals surface area (Å²) < 4.78 is 0. The summed E-state index contributed by atoms with van der Waals surface area (Å²) in [7, 11) is 0. The lowest BCUT2D eigenvalue weighted by atomic mass is 10.0. The van der Waals surface area contributed by atoms with Crippen molar-refractivity contribution in [1.82, 2.24) is 5.32 Å². The van der Waals surface area contributed by atoms with Crippen molar-refractivity contribution in [2.24, 2.45) is 0 Å². The van der Waals surface area contributed by atoms with Gasteiger partial charge in [-0.3, -0.25) is 14.4 Å². The lowest BCUT2D eigenvalue weighted by Crippen LogP contribution is -2.30. The third-order valence-corrected chi connectivity index (χ3v) is 8.31. The van der Waals surface area contributed by atoms with Crippen molar-refractivity contribution in [3.63, 3.8) is 0 Å². The van der Waals surface area contributed by atoms with Crippen LogP contribution in [0.2, 0.25) is 5.02 Å². The molecule has 0 fully saturated rings. The fourth-order valence-corrected chi connectivity index (χ4v) is 5.40. The Morgan fingerprint density at radius 1 is 0.814 bits per heavy atom. The van der Waals surface area contributed by atoms with Crippen LogP contribution in [-0.4, -0.2) is 23.0 Å². The predicted molar refractivity (Wildman–Crippen MR) is 178 cm³/mol. The number of nitrogens with one attached hydrogen (secondary N) is 3. The second-order valence-electron chi connectivity index (χ2n) is 10.2. The van der Waals surface area contributed by atoms with Crippen molar-refractivity contribution < 1.29 is 14.4 Å². The van der Waals surface area contributed by atoms with Gasteiger partial charge in [0.15, 0.2) is 0 Å². The highest BCUT2D eigenvalue weighted by Gasteiger charge is 2.20. The summed E-state index contributed by atoms with van der Waals surface area (Å²) in [4.78, 5) is 40.3. The van der Waals surface area contributed by atoms with Gasteiger partial charge in [0.25, 0.3) is 11.8 Å². The zero-order valence-corrected chi connectivity index (χ0v) is 25.8. The maximum atomic E-state index is 13.5. The smallest absolute Gasteiger partial charge is 0.272 e. The van der Waals surface area contributed by atoms with E-state index < -0.39 is 11.8 Å². The lowest BCUT2D eigenvalue weighted by Gasteiger charge is -2.16. The van der Waals surface area contributed by atoms with Crippen LogP contribution in [0.25, 0.3) is 6.08 Å². The van der Waals surface area contributed by atoms with Gasteiger partial charge in [-0.25, -0.2) is 0 Å². The fraction of sp³-hybridized carbons (Fsp3) is 0.171. The molecule has 0 aliphatic carbocycles. The van der Waals surface area contributed by atoms with E-state index in [1.54, 1.807) is 60.7 Å². The highest BCUT2D eigenvalue weighted by molar-refractivity contribution is 8.00.